The zero-order valence-corrected chi connectivity index (χ0v) is 15.4. The first kappa shape index (κ1) is 18.9. The minimum atomic E-state index is -0.0776. The summed E-state index contributed by atoms with van der Waals surface area (Å²) >= 11 is 7.38. The van der Waals surface area contributed by atoms with E-state index in [1.54, 1.807) is 24.3 Å². The molecule has 0 amide bonds. The number of aromatic nitrogens is 3. The minimum Gasteiger partial charge on any atom is -0.410 e. The van der Waals surface area contributed by atoms with Crippen LogP contribution in [0.1, 0.15) is 11.1 Å². The quantitative estimate of drug-likeness (QED) is 0.164. The van der Waals surface area contributed by atoms with Gasteiger partial charge in [-0.1, -0.05) is 71.0 Å². The average molecular weight is 403 g/mol. The Morgan fingerprint density at radius 3 is 2.70 bits per heavy atom. The fourth-order valence-corrected chi connectivity index (χ4v) is 3.15. The van der Waals surface area contributed by atoms with Crippen molar-refractivity contribution in [3.8, 4) is 0 Å². The number of hydroxylamine groups is 1. The Morgan fingerprint density at radius 1 is 1.19 bits per heavy atom. The number of hydrogen-bond donors (Lipinski definition) is 4. The molecule has 3 rings (SSSR count). The summed E-state index contributed by atoms with van der Waals surface area (Å²) in [6.07, 6.45) is 0. The van der Waals surface area contributed by atoms with E-state index >= 15 is 0 Å². The van der Waals surface area contributed by atoms with E-state index in [4.69, 9.17) is 11.6 Å². The van der Waals surface area contributed by atoms with Crippen LogP contribution < -0.4 is 5.48 Å². The molecule has 1 aromatic heterocycles. The van der Waals surface area contributed by atoms with E-state index in [9.17, 15) is 10.4 Å². The molecule has 8 nitrogen and oxygen atoms in total. The molecular formula is C17H15ClN6O2S. The van der Waals surface area contributed by atoms with Crippen LogP contribution in [-0.4, -0.2) is 37.1 Å². The molecular weight excluding hydrogens is 388 g/mol. The molecule has 0 fully saturated rings. The molecule has 3 aromatic rings. The highest BCUT2D eigenvalue weighted by atomic mass is 35.5. The molecule has 138 valence electrons. The van der Waals surface area contributed by atoms with Gasteiger partial charge in [-0.2, -0.15) is 9.98 Å². The fourth-order valence-electron chi connectivity index (χ4n) is 2.20. The third-order valence-corrected chi connectivity index (χ3v) is 4.56. The number of oxime groups is 1. The lowest BCUT2D eigenvalue weighted by atomic mass is 10.1. The molecule has 4 N–H and O–H groups in total. The van der Waals surface area contributed by atoms with E-state index in [2.05, 4.69) is 25.3 Å². The van der Waals surface area contributed by atoms with Crippen LogP contribution in [0.3, 0.4) is 0 Å². The molecule has 27 heavy (non-hydrogen) atoms. The number of nitrogens with one attached hydrogen (secondary N) is 2. The maximum Gasteiger partial charge on any atom is 0.248 e. The number of aliphatic imine (C=N–C) groups is 1. The molecule has 0 spiro atoms. The highest BCUT2D eigenvalue weighted by molar-refractivity contribution is 7.98. The Balaban J connectivity index is 1.74. The molecule has 2 aromatic carbocycles. The van der Waals surface area contributed by atoms with Gasteiger partial charge in [-0.25, -0.2) is 5.10 Å². The first-order valence-electron chi connectivity index (χ1n) is 7.76. The standard InChI is InChI=1S/C17H15ClN6O2S/c18-13-8-4-5-11(9-13)10-27-17-20-16(21-22-17)19-15(24-26)14(23-25)12-6-2-1-3-7-12/h1-9,25-26H,10H2,(H2,19,20,21,22,24)/b23-14-. The van der Waals surface area contributed by atoms with E-state index in [0.29, 0.717) is 21.5 Å². The number of nitrogens with zero attached hydrogens (tertiary/aromatic N) is 4. The van der Waals surface area contributed by atoms with Gasteiger partial charge in [0, 0.05) is 16.3 Å². The Hall–Kier alpha value is -2.88. The summed E-state index contributed by atoms with van der Waals surface area (Å²) in [5.41, 5.74) is 3.59. The van der Waals surface area contributed by atoms with Crippen LogP contribution >= 0.6 is 23.4 Å². The largest absolute Gasteiger partial charge is 0.410 e. The second-order valence-corrected chi connectivity index (χ2v) is 6.63. The number of benzene rings is 2. The summed E-state index contributed by atoms with van der Waals surface area (Å²) in [5, 5.41) is 29.8. The smallest absolute Gasteiger partial charge is 0.248 e. The summed E-state index contributed by atoms with van der Waals surface area (Å²) in [7, 11) is 0. The third-order valence-electron chi connectivity index (χ3n) is 3.41. The van der Waals surface area contributed by atoms with Gasteiger partial charge in [-0.15, -0.1) is 5.10 Å². The van der Waals surface area contributed by atoms with Crippen LogP contribution in [-0.2, 0) is 5.75 Å². The molecule has 0 saturated heterocycles. The van der Waals surface area contributed by atoms with Gasteiger partial charge in [0.15, 0.2) is 11.5 Å². The molecule has 0 aliphatic carbocycles. The Morgan fingerprint density at radius 2 is 2.00 bits per heavy atom. The van der Waals surface area contributed by atoms with Crippen molar-refractivity contribution in [2.75, 3.05) is 0 Å². The number of amidine groups is 1. The van der Waals surface area contributed by atoms with Gasteiger partial charge < -0.3 is 5.21 Å². The first-order valence-corrected chi connectivity index (χ1v) is 9.12. The minimum absolute atomic E-state index is 0.0580. The van der Waals surface area contributed by atoms with Crippen molar-refractivity contribution in [3.05, 3.63) is 70.7 Å². The van der Waals surface area contributed by atoms with Crippen LogP contribution in [0.15, 0.2) is 69.9 Å². The van der Waals surface area contributed by atoms with Crippen molar-refractivity contribution in [1.29, 1.82) is 0 Å². The van der Waals surface area contributed by atoms with Gasteiger partial charge in [0.2, 0.25) is 11.1 Å². The monoisotopic (exact) mass is 402 g/mol. The molecule has 0 unspecified atom stereocenters. The Labute approximate surface area is 164 Å². The predicted molar refractivity (Wildman–Crippen MR) is 104 cm³/mol. The molecule has 0 radical (unpaired) electrons. The second-order valence-electron chi connectivity index (χ2n) is 5.25. The van der Waals surface area contributed by atoms with Crippen LogP contribution in [0.2, 0.25) is 5.02 Å². The first-order chi connectivity index (χ1) is 13.2. The van der Waals surface area contributed by atoms with Gasteiger partial charge in [-0.3, -0.25) is 10.7 Å². The van der Waals surface area contributed by atoms with Gasteiger partial charge in [0.05, 0.1) is 0 Å². The molecule has 0 saturated carbocycles. The highest BCUT2D eigenvalue weighted by Crippen LogP contribution is 2.22. The van der Waals surface area contributed by atoms with Crippen molar-refractivity contribution in [2.24, 2.45) is 10.1 Å². The zero-order valence-electron chi connectivity index (χ0n) is 13.9. The summed E-state index contributed by atoms with van der Waals surface area (Å²) in [4.78, 5) is 8.35. The lowest BCUT2D eigenvalue weighted by Gasteiger charge is -2.05. The van der Waals surface area contributed by atoms with Gasteiger partial charge in [0.25, 0.3) is 0 Å². The van der Waals surface area contributed by atoms with Crippen LogP contribution in [0.25, 0.3) is 0 Å². The van der Waals surface area contributed by atoms with E-state index in [-0.39, 0.29) is 17.5 Å². The van der Waals surface area contributed by atoms with Gasteiger partial charge >= 0.3 is 0 Å². The Kier molecular flexibility index (Phi) is 6.42. The Bertz CT molecular complexity index is 961. The van der Waals surface area contributed by atoms with Crippen LogP contribution in [0.5, 0.6) is 0 Å². The van der Waals surface area contributed by atoms with E-state index in [1.165, 1.54) is 11.8 Å². The third kappa shape index (κ3) is 5.07. The molecule has 0 aliphatic heterocycles. The predicted octanol–water partition coefficient (Wildman–Crippen LogP) is 3.64. The second kappa shape index (κ2) is 9.17. The SMILES string of the molecule is O/N=C(\C(=N\c1nc(SCc2cccc(Cl)c2)n[nH]1)NO)c1ccccc1. The van der Waals surface area contributed by atoms with Gasteiger partial charge in [-0.05, 0) is 17.7 Å². The zero-order chi connectivity index (χ0) is 19.1. The number of hydrogen-bond acceptors (Lipinski definition) is 7. The number of H-pyrrole nitrogens is 1. The van der Waals surface area contributed by atoms with Crippen molar-refractivity contribution < 1.29 is 10.4 Å². The normalized spacial score (nSPS) is 12.2. The van der Waals surface area contributed by atoms with Crippen molar-refractivity contribution in [1.82, 2.24) is 20.7 Å². The van der Waals surface area contributed by atoms with E-state index in [0.717, 1.165) is 5.56 Å². The van der Waals surface area contributed by atoms with Crippen molar-refractivity contribution in [3.63, 3.8) is 0 Å². The maximum absolute atomic E-state index is 9.38. The van der Waals surface area contributed by atoms with Crippen LogP contribution in [0, 0.1) is 0 Å². The van der Waals surface area contributed by atoms with Crippen molar-refractivity contribution in [2.45, 2.75) is 10.9 Å². The number of aromatic amines is 1. The summed E-state index contributed by atoms with van der Waals surface area (Å²) < 4.78 is 0. The number of thioether (sulfide) groups is 1. The van der Waals surface area contributed by atoms with Crippen LogP contribution in [0.4, 0.5) is 5.95 Å². The molecule has 0 bridgehead atoms. The topological polar surface area (TPSA) is 119 Å². The number of rotatable bonds is 6. The lowest BCUT2D eigenvalue weighted by molar-refractivity contribution is 0.236. The van der Waals surface area contributed by atoms with Gasteiger partial charge in [0.1, 0.15) is 0 Å². The highest BCUT2D eigenvalue weighted by Gasteiger charge is 2.14. The summed E-state index contributed by atoms with van der Waals surface area (Å²) in [6, 6.07) is 16.3. The summed E-state index contributed by atoms with van der Waals surface area (Å²) in [5.74, 6) is 0.712. The summed E-state index contributed by atoms with van der Waals surface area (Å²) in [6.45, 7) is 0. The number of halogens is 1. The molecule has 0 atom stereocenters. The van der Waals surface area contributed by atoms with E-state index < -0.39 is 0 Å². The molecule has 10 heteroatoms. The molecule has 0 aliphatic rings. The maximum atomic E-state index is 9.38. The lowest BCUT2D eigenvalue weighted by Crippen LogP contribution is -2.29. The molecule has 1 heterocycles. The van der Waals surface area contributed by atoms with Crippen molar-refractivity contribution >= 4 is 40.9 Å². The van der Waals surface area contributed by atoms with E-state index in [1.807, 2.05) is 35.8 Å². The average Bonchev–Trinajstić information content (AvgIpc) is 3.14. The fraction of sp³-hybridized carbons (Fsp3) is 0.0588.